The number of hydrogen-bond donors (Lipinski definition) is 2. The summed E-state index contributed by atoms with van der Waals surface area (Å²) in [6, 6.07) is 14.4. The van der Waals surface area contributed by atoms with Crippen LogP contribution < -0.4 is 5.32 Å². The van der Waals surface area contributed by atoms with Crippen molar-refractivity contribution in [3.8, 4) is 0 Å². The highest BCUT2D eigenvalue weighted by molar-refractivity contribution is 5.91. The van der Waals surface area contributed by atoms with Gasteiger partial charge in [0.25, 0.3) is 0 Å². The maximum Gasteiger partial charge on any atom is 0.408 e. The Morgan fingerprint density at radius 1 is 1.14 bits per heavy atom. The fourth-order valence-corrected chi connectivity index (χ4v) is 3.30. The summed E-state index contributed by atoms with van der Waals surface area (Å²) >= 11 is 0. The molecular weight excluding hydrogens is 360 g/mol. The predicted octanol–water partition coefficient (Wildman–Crippen LogP) is 2.86. The minimum Gasteiger partial charge on any atom is -0.479 e. The molecule has 2 aromatic carbocycles. The number of carbonyl (C=O) groups is 3. The number of amides is 2. The molecule has 2 amide bonds. The number of fused-ring (bicyclic) bond motifs is 1. The van der Waals surface area contributed by atoms with Crippen LogP contribution >= 0.6 is 0 Å². The van der Waals surface area contributed by atoms with Crippen molar-refractivity contribution < 1.29 is 24.2 Å². The molecule has 7 nitrogen and oxygen atoms in total. The molecule has 1 heterocycles. The molecule has 0 aromatic heterocycles. The molecule has 3 rings (SSSR count). The second-order valence-electron chi connectivity index (χ2n) is 6.57. The van der Waals surface area contributed by atoms with Crippen LogP contribution in [0.5, 0.6) is 0 Å². The van der Waals surface area contributed by atoms with E-state index in [-0.39, 0.29) is 13.2 Å². The average Bonchev–Trinajstić information content (AvgIpc) is 3.10. The molecule has 146 valence electrons. The number of aliphatic carboxylic acids is 1. The molecule has 1 aliphatic heterocycles. The van der Waals surface area contributed by atoms with Gasteiger partial charge in [0.15, 0.2) is 6.04 Å². The normalized spacial score (nSPS) is 16.2. The molecule has 0 saturated heterocycles. The van der Waals surface area contributed by atoms with Crippen molar-refractivity contribution in [1.29, 1.82) is 0 Å². The summed E-state index contributed by atoms with van der Waals surface area (Å²) in [5, 5.41) is 12.2. The molecule has 0 fully saturated rings. The maximum absolute atomic E-state index is 13.0. The van der Waals surface area contributed by atoms with Crippen LogP contribution in [-0.4, -0.2) is 34.0 Å². The van der Waals surface area contributed by atoms with Crippen molar-refractivity contribution >= 4 is 18.0 Å². The van der Waals surface area contributed by atoms with Crippen molar-refractivity contribution in [3.05, 3.63) is 71.3 Å². The predicted molar refractivity (Wildman–Crippen MR) is 101 cm³/mol. The highest BCUT2D eigenvalue weighted by Crippen LogP contribution is 2.34. The van der Waals surface area contributed by atoms with Gasteiger partial charge in [-0.2, -0.15) is 0 Å². The number of nitrogens with zero attached hydrogens (tertiary/aromatic N) is 1. The van der Waals surface area contributed by atoms with Crippen molar-refractivity contribution in [2.24, 2.45) is 0 Å². The lowest BCUT2D eigenvalue weighted by molar-refractivity contribution is -0.151. The Labute approximate surface area is 162 Å². The van der Waals surface area contributed by atoms with E-state index in [9.17, 15) is 19.5 Å². The van der Waals surface area contributed by atoms with Gasteiger partial charge >= 0.3 is 12.1 Å². The highest BCUT2D eigenvalue weighted by atomic mass is 16.5. The summed E-state index contributed by atoms with van der Waals surface area (Å²) < 4.78 is 5.17. The van der Waals surface area contributed by atoms with E-state index in [1.807, 2.05) is 36.4 Å². The lowest BCUT2D eigenvalue weighted by Gasteiger charge is -2.26. The van der Waals surface area contributed by atoms with E-state index < -0.39 is 30.1 Å². The first-order chi connectivity index (χ1) is 13.5. The van der Waals surface area contributed by atoms with Crippen LogP contribution in [0.4, 0.5) is 4.79 Å². The molecule has 1 aliphatic rings. The van der Waals surface area contributed by atoms with Gasteiger partial charge < -0.3 is 20.1 Å². The summed E-state index contributed by atoms with van der Waals surface area (Å²) in [5.74, 6) is -1.54. The van der Waals surface area contributed by atoms with Gasteiger partial charge in [-0.1, -0.05) is 61.5 Å². The molecular formula is C21H22N2O5. The van der Waals surface area contributed by atoms with Crippen LogP contribution in [0.3, 0.4) is 0 Å². The van der Waals surface area contributed by atoms with Crippen LogP contribution in [0.2, 0.25) is 0 Å². The van der Waals surface area contributed by atoms with Gasteiger partial charge in [0, 0.05) is 6.54 Å². The zero-order valence-electron chi connectivity index (χ0n) is 15.5. The number of rotatable bonds is 6. The molecule has 0 bridgehead atoms. The zero-order chi connectivity index (χ0) is 20.1. The van der Waals surface area contributed by atoms with Gasteiger partial charge in [0.1, 0.15) is 12.6 Å². The van der Waals surface area contributed by atoms with Crippen molar-refractivity contribution in [1.82, 2.24) is 10.2 Å². The van der Waals surface area contributed by atoms with Crippen LogP contribution in [0, 0.1) is 0 Å². The van der Waals surface area contributed by atoms with Crippen molar-refractivity contribution in [3.63, 3.8) is 0 Å². The minimum atomic E-state index is -1.10. The Morgan fingerprint density at radius 3 is 2.50 bits per heavy atom. The van der Waals surface area contributed by atoms with E-state index in [1.54, 1.807) is 25.1 Å². The summed E-state index contributed by atoms with van der Waals surface area (Å²) in [4.78, 5) is 38.1. The van der Waals surface area contributed by atoms with Crippen LogP contribution in [0.1, 0.15) is 36.1 Å². The van der Waals surface area contributed by atoms with E-state index in [0.29, 0.717) is 12.0 Å². The van der Waals surface area contributed by atoms with Crippen molar-refractivity contribution in [2.45, 2.75) is 38.6 Å². The number of ether oxygens (including phenoxy) is 1. The SMILES string of the molecule is CC[C@H](NC(=O)OCc1ccccc1)C(=O)N1Cc2ccccc2[C@@H]1C(=O)O. The summed E-state index contributed by atoms with van der Waals surface area (Å²) in [6.45, 7) is 2.03. The fraction of sp³-hybridized carbons (Fsp3) is 0.286. The van der Waals surface area contributed by atoms with E-state index >= 15 is 0 Å². The lowest BCUT2D eigenvalue weighted by atomic mass is 10.1. The Balaban J connectivity index is 1.66. The van der Waals surface area contributed by atoms with Gasteiger partial charge in [-0.15, -0.1) is 0 Å². The second kappa shape index (κ2) is 8.56. The average molecular weight is 382 g/mol. The molecule has 0 saturated carbocycles. The minimum absolute atomic E-state index is 0.0875. The lowest BCUT2D eigenvalue weighted by Crippen LogP contribution is -2.48. The smallest absolute Gasteiger partial charge is 0.408 e. The van der Waals surface area contributed by atoms with E-state index in [0.717, 1.165) is 11.1 Å². The first-order valence-corrected chi connectivity index (χ1v) is 9.09. The van der Waals surface area contributed by atoms with Gasteiger partial charge in [-0.05, 0) is 23.1 Å². The largest absolute Gasteiger partial charge is 0.479 e. The summed E-state index contributed by atoms with van der Waals surface area (Å²) in [6.07, 6.45) is -0.397. The molecule has 0 aliphatic carbocycles. The summed E-state index contributed by atoms with van der Waals surface area (Å²) in [7, 11) is 0. The molecule has 0 radical (unpaired) electrons. The Hall–Kier alpha value is -3.35. The third-order valence-electron chi connectivity index (χ3n) is 4.73. The molecule has 0 spiro atoms. The Bertz CT molecular complexity index is 868. The number of hydrogen-bond acceptors (Lipinski definition) is 4. The topological polar surface area (TPSA) is 95.9 Å². The maximum atomic E-state index is 13.0. The molecule has 2 N–H and O–H groups in total. The molecule has 7 heteroatoms. The Kier molecular flexibility index (Phi) is 5.93. The molecule has 2 atom stereocenters. The monoisotopic (exact) mass is 382 g/mol. The quantitative estimate of drug-likeness (QED) is 0.801. The van der Waals surface area contributed by atoms with Crippen LogP contribution in [0.15, 0.2) is 54.6 Å². The number of nitrogens with one attached hydrogen (secondary N) is 1. The van der Waals surface area contributed by atoms with Gasteiger partial charge in [-0.3, -0.25) is 4.79 Å². The third-order valence-corrected chi connectivity index (χ3v) is 4.73. The summed E-state index contributed by atoms with van der Waals surface area (Å²) in [5.41, 5.74) is 2.23. The molecule has 28 heavy (non-hydrogen) atoms. The first kappa shape index (κ1) is 19.4. The highest BCUT2D eigenvalue weighted by Gasteiger charge is 2.40. The number of alkyl carbamates (subject to hydrolysis) is 1. The van der Waals surface area contributed by atoms with Gasteiger partial charge in [-0.25, -0.2) is 9.59 Å². The van der Waals surface area contributed by atoms with Crippen molar-refractivity contribution in [2.75, 3.05) is 0 Å². The number of benzene rings is 2. The van der Waals surface area contributed by atoms with E-state index in [2.05, 4.69) is 5.32 Å². The van der Waals surface area contributed by atoms with E-state index in [1.165, 1.54) is 4.90 Å². The van der Waals surface area contributed by atoms with Gasteiger partial charge in [0.05, 0.1) is 0 Å². The Morgan fingerprint density at radius 2 is 1.82 bits per heavy atom. The third kappa shape index (κ3) is 4.14. The van der Waals surface area contributed by atoms with Crippen LogP contribution in [0.25, 0.3) is 0 Å². The standard InChI is InChI=1S/C21H22N2O5/c1-2-17(22-21(27)28-13-14-8-4-3-5-9-14)19(24)23-12-15-10-6-7-11-16(15)18(23)20(25)26/h3-11,17-18H,2,12-13H2,1H3,(H,22,27)(H,25,26)/t17-,18+/m0/s1. The number of carboxylic acid groups (broad SMARTS) is 1. The number of carbonyl (C=O) groups excluding carboxylic acids is 2. The van der Waals surface area contributed by atoms with E-state index in [4.69, 9.17) is 4.74 Å². The second-order valence-corrected chi connectivity index (χ2v) is 6.57. The molecule has 0 unspecified atom stereocenters. The first-order valence-electron chi connectivity index (χ1n) is 9.09. The number of carboxylic acids is 1. The molecule has 2 aromatic rings. The van der Waals surface area contributed by atoms with Gasteiger partial charge in [0.2, 0.25) is 5.91 Å². The van der Waals surface area contributed by atoms with Crippen LogP contribution in [-0.2, 0) is 27.5 Å². The fourth-order valence-electron chi connectivity index (χ4n) is 3.30. The zero-order valence-corrected chi connectivity index (χ0v) is 15.5.